The first kappa shape index (κ1) is 20.3. The number of aliphatic carboxylic acids is 1. The molecule has 0 aromatic rings. The third-order valence-electron chi connectivity index (χ3n) is 4.67. The average Bonchev–Trinajstić information content (AvgIpc) is 2.86. The molecule has 0 aromatic carbocycles. The van der Waals surface area contributed by atoms with Crippen LogP contribution in [0.5, 0.6) is 0 Å². The number of hydrogen-bond acceptors (Lipinski definition) is 4. The van der Waals surface area contributed by atoms with E-state index < -0.39 is 37.0 Å². The van der Waals surface area contributed by atoms with Crippen LogP contribution in [0.15, 0.2) is 0 Å². The first-order valence-corrected chi connectivity index (χ1v) is 8.45. The van der Waals surface area contributed by atoms with Crippen LogP contribution in [-0.4, -0.2) is 88.8 Å². The van der Waals surface area contributed by atoms with Crippen molar-refractivity contribution in [2.45, 2.75) is 44.4 Å². The second kappa shape index (κ2) is 8.11. The van der Waals surface area contributed by atoms with Gasteiger partial charge >= 0.3 is 18.2 Å². The van der Waals surface area contributed by atoms with Gasteiger partial charge in [-0.25, -0.2) is 4.79 Å². The molecule has 1 aliphatic heterocycles. The van der Waals surface area contributed by atoms with Crippen LogP contribution in [-0.2, 0) is 9.59 Å². The molecule has 1 heterocycles. The molecule has 1 aliphatic carbocycles. The smallest absolute Gasteiger partial charge is 0.390 e. The lowest BCUT2D eigenvalue weighted by atomic mass is 9.85. The molecule has 3 amide bonds. The van der Waals surface area contributed by atoms with Gasteiger partial charge in [0.05, 0.1) is 19.6 Å². The highest BCUT2D eigenvalue weighted by atomic mass is 19.4. The van der Waals surface area contributed by atoms with Gasteiger partial charge in [0.25, 0.3) is 0 Å². The van der Waals surface area contributed by atoms with E-state index in [4.69, 9.17) is 5.11 Å². The third-order valence-corrected chi connectivity index (χ3v) is 4.67. The van der Waals surface area contributed by atoms with E-state index in [1.54, 1.807) is 0 Å². The molecule has 1 saturated heterocycles. The number of halogens is 3. The largest absolute Gasteiger partial charge is 0.480 e. The fourth-order valence-electron chi connectivity index (χ4n) is 3.13. The highest BCUT2D eigenvalue weighted by Gasteiger charge is 2.38. The molecular weight excluding hydrogens is 357 g/mol. The minimum atomic E-state index is -4.35. The molecule has 0 spiro atoms. The van der Waals surface area contributed by atoms with Crippen LogP contribution in [0.2, 0.25) is 0 Å². The second-order valence-corrected chi connectivity index (χ2v) is 6.59. The number of carboxylic acids is 1. The average molecular weight is 380 g/mol. The fraction of sp³-hybridized carbons (Fsp3) is 0.800. The summed E-state index contributed by atoms with van der Waals surface area (Å²) >= 11 is 0. The number of carbonyl (C=O) groups excluding carboxylic acids is 2. The van der Waals surface area contributed by atoms with Crippen LogP contribution >= 0.6 is 0 Å². The van der Waals surface area contributed by atoms with Crippen molar-refractivity contribution >= 4 is 17.9 Å². The Kier molecular flexibility index (Phi) is 6.32. The number of carbonyl (C=O) groups is 3. The highest BCUT2D eigenvalue weighted by molar-refractivity contribution is 5.87. The fourth-order valence-corrected chi connectivity index (χ4v) is 3.13. The van der Waals surface area contributed by atoms with Gasteiger partial charge in [0.15, 0.2) is 0 Å². The van der Waals surface area contributed by atoms with Gasteiger partial charge in [-0.2, -0.15) is 13.2 Å². The van der Waals surface area contributed by atoms with Crippen molar-refractivity contribution in [3.8, 4) is 0 Å². The van der Waals surface area contributed by atoms with Gasteiger partial charge in [-0.3, -0.25) is 19.4 Å². The Morgan fingerprint density at radius 2 is 2.00 bits per heavy atom. The maximum absolute atomic E-state index is 12.3. The van der Waals surface area contributed by atoms with Gasteiger partial charge in [-0.15, -0.1) is 0 Å². The molecule has 148 valence electrons. The first-order valence-electron chi connectivity index (χ1n) is 8.45. The van der Waals surface area contributed by atoms with E-state index in [0.717, 1.165) is 4.90 Å². The molecule has 26 heavy (non-hydrogen) atoms. The Hall–Kier alpha value is -2.04. The Labute approximate surface area is 148 Å². The summed E-state index contributed by atoms with van der Waals surface area (Å²) in [6.07, 6.45) is -4.24. The number of hydrogen-bond donors (Lipinski definition) is 2. The molecular formula is C15H23F3N4O4. The zero-order valence-electron chi connectivity index (χ0n) is 14.5. The molecule has 0 bridgehead atoms. The Morgan fingerprint density at radius 3 is 2.54 bits per heavy atom. The van der Waals surface area contributed by atoms with E-state index in [9.17, 15) is 27.6 Å². The molecule has 0 aromatic heterocycles. The number of carboxylic acid groups (broad SMARTS) is 1. The van der Waals surface area contributed by atoms with E-state index >= 15 is 0 Å². The first-order chi connectivity index (χ1) is 12.1. The van der Waals surface area contributed by atoms with Crippen molar-refractivity contribution in [2.24, 2.45) is 0 Å². The van der Waals surface area contributed by atoms with Crippen molar-refractivity contribution in [1.29, 1.82) is 0 Å². The molecule has 2 N–H and O–H groups in total. The monoisotopic (exact) mass is 380 g/mol. The molecule has 11 heteroatoms. The summed E-state index contributed by atoms with van der Waals surface area (Å²) < 4.78 is 36.8. The summed E-state index contributed by atoms with van der Waals surface area (Å²) in [4.78, 5) is 38.7. The van der Waals surface area contributed by atoms with Gasteiger partial charge in [0, 0.05) is 18.6 Å². The quantitative estimate of drug-likeness (QED) is 0.678. The molecule has 0 radical (unpaired) electrons. The summed E-state index contributed by atoms with van der Waals surface area (Å²) in [6, 6.07) is -0.544. The van der Waals surface area contributed by atoms with E-state index in [-0.39, 0.29) is 31.8 Å². The lowest BCUT2D eigenvalue weighted by molar-refractivity contribution is -0.143. The van der Waals surface area contributed by atoms with E-state index in [0.29, 0.717) is 19.4 Å². The number of likely N-dealkylation sites (N-methyl/N-ethyl adjacent to an activating group) is 1. The molecule has 2 rings (SSSR count). The normalized spacial score (nSPS) is 23.3. The number of urea groups is 1. The maximum atomic E-state index is 12.3. The predicted molar refractivity (Wildman–Crippen MR) is 84.2 cm³/mol. The van der Waals surface area contributed by atoms with Gasteiger partial charge in [-0.05, 0) is 19.4 Å². The SMILES string of the molecule is CCN(CC(=O)O)C1CC(NC(=O)N2CC(=O)N(CCC(F)(F)F)C2)C1. The van der Waals surface area contributed by atoms with Gasteiger partial charge in [0.1, 0.15) is 6.54 Å². The van der Waals surface area contributed by atoms with Gasteiger partial charge in [-0.1, -0.05) is 6.92 Å². The summed E-state index contributed by atoms with van der Waals surface area (Å²) in [5.74, 6) is -1.41. The third kappa shape index (κ3) is 5.48. The zero-order chi connectivity index (χ0) is 19.5. The van der Waals surface area contributed by atoms with E-state index in [1.807, 2.05) is 11.8 Å². The molecule has 8 nitrogen and oxygen atoms in total. The van der Waals surface area contributed by atoms with E-state index in [2.05, 4.69) is 5.32 Å². The van der Waals surface area contributed by atoms with E-state index in [1.165, 1.54) is 4.90 Å². The summed E-state index contributed by atoms with van der Waals surface area (Å²) in [5.41, 5.74) is 0. The van der Waals surface area contributed by atoms with Crippen molar-refractivity contribution in [1.82, 2.24) is 20.0 Å². The maximum Gasteiger partial charge on any atom is 0.390 e. The molecule has 2 aliphatic rings. The standard InChI is InChI=1S/C15H23F3N4O4/c1-2-20(8-13(24)25)11-5-10(6-11)19-14(26)22-7-12(23)21(9-22)4-3-15(16,17)18/h10-11H,2-9H2,1H3,(H,19,26)(H,24,25). The number of alkyl halides is 3. The summed E-state index contributed by atoms with van der Waals surface area (Å²) in [6.45, 7) is 1.54. The second-order valence-electron chi connectivity index (χ2n) is 6.59. The number of amides is 3. The van der Waals surface area contributed by atoms with Crippen LogP contribution in [0, 0.1) is 0 Å². The van der Waals surface area contributed by atoms with Crippen molar-refractivity contribution in [3.63, 3.8) is 0 Å². The van der Waals surface area contributed by atoms with Crippen molar-refractivity contribution in [2.75, 3.05) is 32.8 Å². The minimum Gasteiger partial charge on any atom is -0.480 e. The van der Waals surface area contributed by atoms with Crippen molar-refractivity contribution in [3.05, 3.63) is 0 Å². The van der Waals surface area contributed by atoms with Crippen molar-refractivity contribution < 1.29 is 32.7 Å². The van der Waals surface area contributed by atoms with Crippen LogP contribution in [0.1, 0.15) is 26.2 Å². The summed E-state index contributed by atoms with van der Waals surface area (Å²) in [7, 11) is 0. The van der Waals surface area contributed by atoms with Gasteiger partial charge in [0.2, 0.25) is 5.91 Å². The Bertz CT molecular complexity index is 551. The van der Waals surface area contributed by atoms with Crippen LogP contribution in [0.4, 0.5) is 18.0 Å². The van der Waals surface area contributed by atoms with Crippen LogP contribution < -0.4 is 5.32 Å². The lowest BCUT2D eigenvalue weighted by Crippen LogP contribution is -2.56. The molecule has 2 fully saturated rings. The predicted octanol–water partition coefficient (Wildman–Crippen LogP) is 0.688. The highest BCUT2D eigenvalue weighted by Crippen LogP contribution is 2.26. The zero-order valence-corrected chi connectivity index (χ0v) is 14.5. The number of nitrogens with zero attached hydrogens (tertiary/aromatic N) is 3. The van der Waals surface area contributed by atoms with Crippen LogP contribution in [0.25, 0.3) is 0 Å². The lowest BCUT2D eigenvalue weighted by Gasteiger charge is -2.42. The molecule has 0 atom stereocenters. The van der Waals surface area contributed by atoms with Crippen LogP contribution in [0.3, 0.4) is 0 Å². The number of rotatable bonds is 7. The molecule has 1 saturated carbocycles. The Balaban J connectivity index is 1.74. The van der Waals surface area contributed by atoms with Gasteiger partial charge < -0.3 is 15.3 Å². The Morgan fingerprint density at radius 1 is 1.35 bits per heavy atom. The number of nitrogens with one attached hydrogen (secondary N) is 1. The minimum absolute atomic E-state index is 0.0589. The topological polar surface area (TPSA) is 93.2 Å². The molecule has 0 unspecified atom stereocenters. The summed E-state index contributed by atoms with van der Waals surface area (Å²) in [5, 5.41) is 11.6.